The number of anilines is 2. The lowest BCUT2D eigenvalue weighted by atomic mass is 10.1. The molecule has 1 aliphatic rings. The van der Waals surface area contributed by atoms with Crippen molar-refractivity contribution in [2.75, 3.05) is 37.5 Å². The number of nitrogens with zero attached hydrogens (tertiary/aromatic N) is 5. The van der Waals surface area contributed by atoms with Gasteiger partial charge in [-0.05, 0) is 5.56 Å². The van der Waals surface area contributed by atoms with Crippen LogP contribution >= 0.6 is 0 Å². The predicted molar refractivity (Wildman–Crippen MR) is 114 cm³/mol. The molecule has 2 N–H and O–H groups in total. The van der Waals surface area contributed by atoms with Gasteiger partial charge in [-0.2, -0.15) is 0 Å². The number of hydrogen-bond acceptors (Lipinski definition) is 7. The first kappa shape index (κ1) is 20.3. The van der Waals surface area contributed by atoms with Gasteiger partial charge in [0.05, 0.1) is 6.20 Å². The summed E-state index contributed by atoms with van der Waals surface area (Å²) in [4.78, 5) is 37.4. The highest BCUT2D eigenvalue weighted by Gasteiger charge is 2.32. The van der Waals surface area contributed by atoms with Crippen LogP contribution in [0.25, 0.3) is 0 Å². The lowest BCUT2D eigenvalue weighted by molar-refractivity contribution is -0.120. The Bertz CT molecular complexity index is 1100. The highest BCUT2D eigenvalue weighted by Crippen LogP contribution is 2.32. The third-order valence-corrected chi connectivity index (χ3v) is 4.94. The molecule has 0 unspecified atom stereocenters. The van der Waals surface area contributed by atoms with Crippen LogP contribution < -0.4 is 19.9 Å². The van der Waals surface area contributed by atoms with Crippen LogP contribution in [0.5, 0.6) is 5.75 Å². The maximum absolute atomic E-state index is 12.9. The predicted octanol–water partition coefficient (Wildman–Crippen LogP) is 1.01. The van der Waals surface area contributed by atoms with Crippen molar-refractivity contribution in [3.8, 4) is 5.75 Å². The molecule has 0 spiro atoms. The van der Waals surface area contributed by atoms with Crippen LogP contribution in [-0.2, 0) is 11.2 Å². The number of likely N-dealkylation sites (N-methyl/N-ethyl adjacent to an activating group) is 1. The van der Waals surface area contributed by atoms with E-state index in [1.54, 1.807) is 19.3 Å². The van der Waals surface area contributed by atoms with Crippen molar-refractivity contribution in [3.63, 3.8) is 0 Å². The van der Waals surface area contributed by atoms with E-state index in [0.717, 1.165) is 5.56 Å². The first-order valence-electron chi connectivity index (χ1n) is 9.76. The summed E-state index contributed by atoms with van der Waals surface area (Å²) < 4.78 is 5.82. The quantitative estimate of drug-likeness (QED) is 0.632. The maximum atomic E-state index is 12.9. The molecule has 0 radical (unpaired) electrons. The first-order valence-corrected chi connectivity index (χ1v) is 9.76. The Morgan fingerprint density at radius 3 is 2.84 bits per heavy atom. The molecule has 10 heteroatoms. The minimum atomic E-state index is -0.885. The van der Waals surface area contributed by atoms with E-state index in [0.29, 0.717) is 29.5 Å². The molecule has 2 amide bonds. The van der Waals surface area contributed by atoms with Gasteiger partial charge in [0.2, 0.25) is 5.82 Å². The first-order chi connectivity index (χ1) is 14.9. The molecule has 1 aliphatic heterocycles. The van der Waals surface area contributed by atoms with Crippen LogP contribution in [0.1, 0.15) is 22.0 Å². The van der Waals surface area contributed by atoms with Crippen LogP contribution in [0.4, 0.5) is 11.5 Å². The Balaban J connectivity index is 1.46. The van der Waals surface area contributed by atoms with Crippen molar-refractivity contribution in [1.82, 2.24) is 25.5 Å². The lowest BCUT2D eigenvalue weighted by Gasteiger charge is -2.20. The van der Waals surface area contributed by atoms with Crippen molar-refractivity contribution in [2.45, 2.75) is 12.5 Å². The minimum absolute atomic E-state index is 0.0138. The fraction of sp³-hybridized carbons (Fsp3) is 0.286. The number of nitrogens with one attached hydrogen (secondary N) is 2. The summed E-state index contributed by atoms with van der Waals surface area (Å²) in [6.45, 7) is -0.0138. The fourth-order valence-electron chi connectivity index (χ4n) is 3.22. The van der Waals surface area contributed by atoms with E-state index in [-0.39, 0.29) is 18.3 Å². The molecule has 0 saturated heterocycles. The van der Waals surface area contributed by atoms with E-state index in [2.05, 4.69) is 25.5 Å². The summed E-state index contributed by atoms with van der Waals surface area (Å²) in [5.41, 5.74) is 1.58. The molecular formula is C21H23N7O3. The monoisotopic (exact) mass is 421 g/mol. The number of hydrogen-bond donors (Lipinski definition) is 2. The highest BCUT2D eigenvalue weighted by atomic mass is 16.5. The van der Waals surface area contributed by atoms with Crippen molar-refractivity contribution in [2.24, 2.45) is 0 Å². The van der Waals surface area contributed by atoms with E-state index in [4.69, 9.17) is 4.74 Å². The van der Waals surface area contributed by atoms with E-state index in [9.17, 15) is 9.59 Å². The van der Waals surface area contributed by atoms with E-state index in [1.165, 1.54) is 4.90 Å². The Labute approximate surface area is 179 Å². The largest absolute Gasteiger partial charge is 0.488 e. The van der Waals surface area contributed by atoms with Gasteiger partial charge in [-0.3, -0.25) is 14.7 Å². The summed E-state index contributed by atoms with van der Waals surface area (Å²) in [5, 5.41) is 9.43. The highest BCUT2D eigenvalue weighted by molar-refractivity contribution is 6.02. The molecule has 2 aromatic heterocycles. The van der Waals surface area contributed by atoms with Gasteiger partial charge in [-0.15, -0.1) is 5.10 Å². The molecule has 1 aromatic carbocycles. The van der Waals surface area contributed by atoms with Crippen molar-refractivity contribution < 1.29 is 14.3 Å². The second-order valence-corrected chi connectivity index (χ2v) is 7.41. The third-order valence-electron chi connectivity index (χ3n) is 4.94. The smallest absolute Gasteiger partial charge is 0.291 e. The van der Waals surface area contributed by atoms with Gasteiger partial charge in [0.1, 0.15) is 35.7 Å². The Hall–Kier alpha value is -3.95. The number of benzene rings is 1. The van der Waals surface area contributed by atoms with Gasteiger partial charge >= 0.3 is 0 Å². The second-order valence-electron chi connectivity index (χ2n) is 7.41. The van der Waals surface area contributed by atoms with Crippen molar-refractivity contribution >= 4 is 23.3 Å². The molecule has 4 rings (SSSR count). The molecule has 0 fully saturated rings. The summed E-state index contributed by atoms with van der Waals surface area (Å²) in [5.74, 6) is 0.893. The zero-order chi connectivity index (χ0) is 22.0. The van der Waals surface area contributed by atoms with Crippen LogP contribution in [0.2, 0.25) is 0 Å². The topological polar surface area (TPSA) is 116 Å². The fourth-order valence-corrected chi connectivity index (χ4v) is 3.22. The van der Waals surface area contributed by atoms with Gasteiger partial charge in [0, 0.05) is 33.6 Å². The normalized spacial score (nSPS) is 15.6. The number of carbonyl (C=O) groups is 2. The second kappa shape index (κ2) is 8.42. The molecule has 160 valence electrons. The Kier molecular flexibility index (Phi) is 5.52. The number of pyridine rings is 1. The zero-order valence-corrected chi connectivity index (χ0v) is 17.5. The molecule has 3 heterocycles. The maximum Gasteiger partial charge on any atom is 0.291 e. The average Bonchev–Trinajstić information content (AvgIpc) is 3.20. The Morgan fingerprint density at radius 2 is 2.10 bits per heavy atom. The molecule has 10 nitrogen and oxygen atoms in total. The van der Waals surface area contributed by atoms with Crippen LogP contribution in [0.15, 0.2) is 42.6 Å². The van der Waals surface area contributed by atoms with E-state index >= 15 is 0 Å². The molecule has 31 heavy (non-hydrogen) atoms. The molecule has 3 aromatic rings. The number of fused-ring (bicyclic) bond motifs is 1. The zero-order valence-electron chi connectivity index (χ0n) is 17.5. The van der Waals surface area contributed by atoms with Gasteiger partial charge < -0.3 is 19.9 Å². The number of aromatic amines is 1. The third kappa shape index (κ3) is 4.32. The van der Waals surface area contributed by atoms with Crippen LogP contribution in [0.3, 0.4) is 0 Å². The number of rotatable bonds is 5. The van der Waals surface area contributed by atoms with Gasteiger partial charge in [-0.1, -0.05) is 30.3 Å². The number of carbonyl (C=O) groups excluding carboxylic acids is 2. The van der Waals surface area contributed by atoms with Crippen LogP contribution in [0, 0.1) is 0 Å². The number of ether oxygens (including phenoxy) is 1. The number of H-pyrrole nitrogens is 1. The van der Waals surface area contributed by atoms with E-state index < -0.39 is 11.9 Å². The summed E-state index contributed by atoms with van der Waals surface area (Å²) in [7, 11) is 5.36. The standard InChI is InChI=1S/C21H23N7O3/c1-27(2)18-10-16-15(11-22-18)28(3)21(30)14(12-31-16)23-20(29)19-24-17(25-26-19)9-13-7-5-4-6-8-13/h4-8,10-11,14H,9,12H2,1-3H3,(H,23,29)(H,24,25,26)/t14-/m0/s1. The number of amides is 2. The SMILES string of the molecule is CN(C)c1cc2c(cn1)N(C)C(=O)[C@@H](NC(=O)c1n[nH]c(Cc3ccccc3)n1)CO2. The van der Waals surface area contributed by atoms with Crippen LogP contribution in [-0.4, -0.2) is 65.8 Å². The molecule has 0 aliphatic carbocycles. The van der Waals surface area contributed by atoms with Gasteiger partial charge in [0.15, 0.2) is 0 Å². The van der Waals surface area contributed by atoms with Gasteiger partial charge in [-0.25, -0.2) is 9.97 Å². The molecule has 0 bridgehead atoms. The summed E-state index contributed by atoms with van der Waals surface area (Å²) in [6.07, 6.45) is 2.10. The van der Waals surface area contributed by atoms with E-state index in [1.807, 2.05) is 49.3 Å². The number of aromatic nitrogens is 4. The van der Waals surface area contributed by atoms with Crippen molar-refractivity contribution in [3.05, 3.63) is 59.8 Å². The average molecular weight is 421 g/mol. The summed E-state index contributed by atoms with van der Waals surface area (Å²) in [6, 6.07) is 10.6. The lowest BCUT2D eigenvalue weighted by Crippen LogP contribution is -2.49. The minimum Gasteiger partial charge on any atom is -0.488 e. The molecule has 1 atom stereocenters. The van der Waals surface area contributed by atoms with Gasteiger partial charge in [0.25, 0.3) is 11.8 Å². The van der Waals surface area contributed by atoms with Crippen molar-refractivity contribution in [1.29, 1.82) is 0 Å². The molecule has 0 saturated carbocycles. The molecular weight excluding hydrogens is 398 g/mol. The summed E-state index contributed by atoms with van der Waals surface area (Å²) >= 11 is 0. The Morgan fingerprint density at radius 1 is 1.32 bits per heavy atom.